The first-order valence-corrected chi connectivity index (χ1v) is 9.26. The molecule has 0 radical (unpaired) electrons. The van der Waals surface area contributed by atoms with E-state index in [1.54, 1.807) is 16.4 Å². The number of fused-ring (bicyclic) bond motifs is 1. The molecule has 1 heterocycles. The van der Waals surface area contributed by atoms with E-state index in [4.69, 9.17) is 0 Å². The minimum Gasteiger partial charge on any atom is -0.207 e. The van der Waals surface area contributed by atoms with Gasteiger partial charge in [0.1, 0.15) is 0 Å². The van der Waals surface area contributed by atoms with Crippen LogP contribution in [0.25, 0.3) is 5.57 Å². The molecule has 1 saturated heterocycles. The largest absolute Gasteiger partial charge is 0.244 e. The molecule has 118 valence electrons. The molecule has 1 aliphatic heterocycles. The Bertz CT molecular complexity index is 899. The molecule has 1 spiro atoms. The van der Waals surface area contributed by atoms with Crippen LogP contribution in [0.3, 0.4) is 0 Å². The minimum absolute atomic E-state index is 0.367. The van der Waals surface area contributed by atoms with Gasteiger partial charge in [0.05, 0.1) is 10.4 Å². The van der Waals surface area contributed by atoms with E-state index in [1.807, 2.05) is 37.3 Å². The summed E-state index contributed by atoms with van der Waals surface area (Å²) in [5.74, 6) is 0. The quantitative estimate of drug-likeness (QED) is 0.794. The molecule has 1 aliphatic carbocycles. The van der Waals surface area contributed by atoms with Gasteiger partial charge in [0.15, 0.2) is 0 Å². The lowest BCUT2D eigenvalue weighted by Gasteiger charge is -2.27. The van der Waals surface area contributed by atoms with E-state index in [1.165, 1.54) is 5.56 Å². The highest BCUT2D eigenvalue weighted by atomic mass is 32.2. The Kier molecular flexibility index (Phi) is 3.06. The molecule has 0 saturated carbocycles. The van der Waals surface area contributed by atoms with Crippen molar-refractivity contribution in [3.63, 3.8) is 0 Å². The van der Waals surface area contributed by atoms with E-state index in [0.717, 1.165) is 29.5 Å². The van der Waals surface area contributed by atoms with Crippen molar-refractivity contribution >= 4 is 15.6 Å². The van der Waals surface area contributed by atoms with Gasteiger partial charge < -0.3 is 0 Å². The van der Waals surface area contributed by atoms with Gasteiger partial charge in [-0.2, -0.15) is 4.31 Å². The SMILES string of the molecule is C=C1c2ccccc2CCC12CN2S(=O)(=O)c1ccc(C)cc1. The summed E-state index contributed by atoms with van der Waals surface area (Å²) in [5, 5.41) is 0. The van der Waals surface area contributed by atoms with E-state index in [2.05, 4.69) is 12.6 Å². The molecule has 4 rings (SSSR count). The maximum Gasteiger partial charge on any atom is 0.244 e. The van der Waals surface area contributed by atoms with Crippen molar-refractivity contribution in [3.8, 4) is 0 Å². The van der Waals surface area contributed by atoms with Crippen LogP contribution < -0.4 is 0 Å². The fraction of sp³-hybridized carbons (Fsp3) is 0.263. The number of hydrogen-bond donors (Lipinski definition) is 0. The van der Waals surface area contributed by atoms with Crippen molar-refractivity contribution in [1.29, 1.82) is 0 Å². The monoisotopic (exact) mass is 325 g/mol. The van der Waals surface area contributed by atoms with E-state index in [9.17, 15) is 8.42 Å². The van der Waals surface area contributed by atoms with Crippen LogP contribution in [0.15, 0.2) is 60.0 Å². The molecule has 0 N–H and O–H groups in total. The number of aryl methyl sites for hydroxylation is 2. The standard InChI is InChI=1S/C19H19NO2S/c1-14-7-9-17(10-8-14)23(21,22)20-13-19(20)12-11-16-5-3-4-6-18(16)15(19)2/h3-10H,2,11-13H2,1H3. The number of nitrogens with zero attached hydrogens (tertiary/aromatic N) is 1. The fourth-order valence-corrected chi connectivity index (χ4v) is 5.36. The number of rotatable bonds is 2. The molecule has 2 atom stereocenters. The number of sulfonamides is 1. The van der Waals surface area contributed by atoms with Crippen LogP contribution in [0.4, 0.5) is 0 Å². The van der Waals surface area contributed by atoms with Crippen LogP contribution in [-0.4, -0.2) is 24.8 Å². The molecule has 0 bridgehead atoms. The third-order valence-corrected chi connectivity index (χ3v) is 7.03. The Balaban J connectivity index is 1.70. The first-order chi connectivity index (χ1) is 10.9. The molecular weight excluding hydrogens is 306 g/mol. The zero-order chi connectivity index (χ0) is 16.2. The lowest BCUT2D eigenvalue weighted by atomic mass is 9.80. The van der Waals surface area contributed by atoms with E-state index >= 15 is 0 Å². The van der Waals surface area contributed by atoms with Gasteiger partial charge in [0.25, 0.3) is 0 Å². The van der Waals surface area contributed by atoms with Crippen LogP contribution >= 0.6 is 0 Å². The first-order valence-electron chi connectivity index (χ1n) is 7.82. The summed E-state index contributed by atoms with van der Waals surface area (Å²) in [4.78, 5) is 0.367. The normalized spacial score (nSPS) is 26.1. The van der Waals surface area contributed by atoms with Gasteiger partial charge in [0.2, 0.25) is 10.0 Å². The number of benzene rings is 2. The predicted molar refractivity (Wildman–Crippen MR) is 91.6 cm³/mol. The van der Waals surface area contributed by atoms with Crippen molar-refractivity contribution < 1.29 is 8.42 Å². The molecule has 0 amide bonds. The van der Waals surface area contributed by atoms with Crippen LogP contribution in [0, 0.1) is 6.92 Å². The molecule has 23 heavy (non-hydrogen) atoms. The van der Waals surface area contributed by atoms with Crippen molar-refractivity contribution in [1.82, 2.24) is 4.31 Å². The average Bonchev–Trinajstić information content (AvgIpc) is 3.29. The number of hydrogen-bond acceptors (Lipinski definition) is 2. The second kappa shape index (κ2) is 4.79. The fourth-order valence-electron chi connectivity index (χ4n) is 3.58. The second-order valence-corrected chi connectivity index (χ2v) is 8.35. The lowest BCUT2D eigenvalue weighted by molar-refractivity contribution is 0.520. The van der Waals surface area contributed by atoms with Gasteiger partial charge in [-0.1, -0.05) is 48.5 Å². The summed E-state index contributed by atoms with van der Waals surface area (Å²) < 4.78 is 27.5. The molecule has 2 aliphatic rings. The average molecular weight is 325 g/mol. The molecule has 1 fully saturated rings. The van der Waals surface area contributed by atoms with Gasteiger partial charge in [0, 0.05) is 6.54 Å². The second-order valence-electron chi connectivity index (χ2n) is 6.49. The van der Waals surface area contributed by atoms with Gasteiger partial charge >= 0.3 is 0 Å². The Morgan fingerprint density at radius 3 is 2.52 bits per heavy atom. The van der Waals surface area contributed by atoms with Crippen molar-refractivity contribution in [2.75, 3.05) is 6.54 Å². The first kappa shape index (κ1) is 14.7. The van der Waals surface area contributed by atoms with Gasteiger partial charge in [-0.3, -0.25) is 0 Å². The van der Waals surface area contributed by atoms with Gasteiger partial charge in [-0.05, 0) is 48.6 Å². The third-order valence-electron chi connectivity index (χ3n) is 5.10. The molecule has 2 aromatic rings. The summed E-state index contributed by atoms with van der Waals surface area (Å²) in [5.41, 5.74) is 3.96. The summed E-state index contributed by atoms with van der Waals surface area (Å²) in [6.45, 7) is 6.73. The summed E-state index contributed by atoms with van der Waals surface area (Å²) in [6.07, 6.45) is 1.71. The highest BCUT2D eigenvalue weighted by Gasteiger charge is 2.61. The van der Waals surface area contributed by atoms with E-state index in [-0.39, 0.29) is 0 Å². The Morgan fingerprint density at radius 2 is 1.78 bits per heavy atom. The van der Waals surface area contributed by atoms with E-state index in [0.29, 0.717) is 11.4 Å². The maximum absolute atomic E-state index is 12.9. The topological polar surface area (TPSA) is 37.1 Å². The predicted octanol–water partition coefficient (Wildman–Crippen LogP) is 3.40. The Hall–Kier alpha value is -1.91. The molecule has 3 nitrogen and oxygen atoms in total. The molecule has 4 heteroatoms. The summed E-state index contributed by atoms with van der Waals surface area (Å²) in [7, 11) is -3.45. The van der Waals surface area contributed by atoms with Gasteiger partial charge in [-0.15, -0.1) is 0 Å². The smallest absolute Gasteiger partial charge is 0.207 e. The molecule has 0 aromatic heterocycles. The van der Waals surface area contributed by atoms with Gasteiger partial charge in [-0.25, -0.2) is 8.42 Å². The third kappa shape index (κ3) is 2.09. The zero-order valence-corrected chi connectivity index (χ0v) is 13.9. The lowest BCUT2D eigenvalue weighted by Crippen LogP contribution is -2.29. The zero-order valence-electron chi connectivity index (χ0n) is 13.1. The van der Waals surface area contributed by atoms with Crippen molar-refractivity contribution in [2.45, 2.75) is 30.2 Å². The maximum atomic E-state index is 12.9. The minimum atomic E-state index is -3.45. The van der Waals surface area contributed by atoms with Crippen LogP contribution in [0.5, 0.6) is 0 Å². The van der Waals surface area contributed by atoms with Crippen molar-refractivity contribution in [3.05, 3.63) is 71.8 Å². The Morgan fingerprint density at radius 1 is 1.09 bits per heavy atom. The van der Waals surface area contributed by atoms with E-state index < -0.39 is 15.6 Å². The molecular formula is C19H19NO2S. The summed E-state index contributed by atoms with van der Waals surface area (Å²) in [6, 6.07) is 15.2. The van der Waals surface area contributed by atoms with Crippen LogP contribution in [0.1, 0.15) is 23.1 Å². The summed E-state index contributed by atoms with van der Waals surface area (Å²) >= 11 is 0. The highest BCUT2D eigenvalue weighted by Crippen LogP contribution is 2.53. The molecule has 2 unspecified atom stereocenters. The highest BCUT2D eigenvalue weighted by molar-refractivity contribution is 7.89. The van der Waals surface area contributed by atoms with Crippen molar-refractivity contribution in [2.24, 2.45) is 0 Å². The molecule has 2 aromatic carbocycles. The van der Waals surface area contributed by atoms with Crippen LogP contribution in [-0.2, 0) is 16.4 Å². The Labute approximate surface area is 137 Å². The van der Waals surface area contributed by atoms with Crippen LogP contribution in [0.2, 0.25) is 0 Å².